The lowest BCUT2D eigenvalue weighted by Gasteiger charge is -2.21. The van der Waals surface area contributed by atoms with E-state index in [4.69, 9.17) is 4.74 Å². The zero-order valence-corrected chi connectivity index (χ0v) is 8.85. The molecule has 0 aromatic rings. The monoisotopic (exact) mass is 215 g/mol. The number of carbonyl (C=O) groups is 3. The minimum absolute atomic E-state index is 0.0861. The summed E-state index contributed by atoms with van der Waals surface area (Å²) in [6.45, 7) is 4.97. The molecule has 6 heteroatoms. The molecule has 1 rings (SSSR count). The van der Waals surface area contributed by atoms with Gasteiger partial charge in [0, 0.05) is 0 Å². The topological polar surface area (TPSA) is 72.9 Å². The molecule has 6 nitrogen and oxygen atoms in total. The molecule has 84 valence electrons. The lowest BCUT2D eigenvalue weighted by Crippen LogP contribution is -2.37. The van der Waals surface area contributed by atoms with E-state index in [-0.39, 0.29) is 6.54 Å². The maximum atomic E-state index is 11.4. The Hall–Kier alpha value is -1.59. The largest absolute Gasteiger partial charge is 0.443 e. The lowest BCUT2D eigenvalue weighted by atomic mass is 10.2. The first kappa shape index (κ1) is 11.5. The maximum Gasteiger partial charge on any atom is 0.420 e. The van der Waals surface area contributed by atoms with Crippen LogP contribution in [-0.2, 0) is 14.3 Å². The third-order valence-electron chi connectivity index (χ3n) is 1.60. The molecule has 1 saturated heterocycles. The van der Waals surface area contributed by atoms with E-state index in [1.165, 1.54) is 0 Å². The first-order chi connectivity index (χ1) is 6.83. The Labute approximate surface area is 87.1 Å². The van der Waals surface area contributed by atoms with Gasteiger partial charge in [-0.1, -0.05) is 0 Å². The number of nitrogens with zero attached hydrogens (tertiary/aromatic N) is 1. The van der Waals surface area contributed by atoms with Crippen molar-refractivity contribution in [3.8, 4) is 0 Å². The van der Waals surface area contributed by atoms with Gasteiger partial charge in [-0.05, 0) is 20.8 Å². The van der Waals surface area contributed by atoms with Crippen molar-refractivity contribution in [2.24, 2.45) is 0 Å². The average Bonchev–Trinajstić information content (AvgIpc) is 2.43. The van der Waals surface area contributed by atoms with Gasteiger partial charge in [-0.2, -0.15) is 0 Å². The van der Waals surface area contributed by atoms with Crippen LogP contribution in [0.15, 0.2) is 0 Å². The number of rotatable bonds is 1. The molecular weight excluding hydrogens is 202 g/mol. The highest BCUT2D eigenvalue weighted by atomic mass is 16.6. The third kappa shape index (κ3) is 2.93. The minimum Gasteiger partial charge on any atom is -0.443 e. The Morgan fingerprint density at radius 1 is 1.60 bits per heavy atom. The van der Waals surface area contributed by atoms with Crippen molar-refractivity contribution >= 4 is 18.5 Å². The van der Waals surface area contributed by atoms with Gasteiger partial charge in [-0.25, -0.2) is 14.5 Å². The molecule has 0 radical (unpaired) electrons. The summed E-state index contributed by atoms with van der Waals surface area (Å²) >= 11 is 0. The second-order valence-electron chi connectivity index (χ2n) is 4.15. The van der Waals surface area contributed by atoms with Crippen LogP contribution in [-0.4, -0.2) is 41.6 Å². The predicted molar refractivity (Wildman–Crippen MR) is 49.3 cm³/mol. The minimum atomic E-state index is -0.884. The number of carbonyl (C=O) groups excluding carboxylic acids is 3. The second kappa shape index (κ2) is 3.88. The van der Waals surface area contributed by atoms with Crippen LogP contribution in [0.4, 0.5) is 9.59 Å². The molecule has 0 N–H and O–H groups in total. The molecule has 0 unspecified atom stereocenters. The summed E-state index contributed by atoms with van der Waals surface area (Å²) in [4.78, 5) is 33.7. The van der Waals surface area contributed by atoms with Gasteiger partial charge in [0.2, 0.25) is 0 Å². The molecule has 1 aliphatic rings. The standard InChI is InChI=1S/C9H13NO5/c1-9(2,3)15-8(13)10-4-6(5-11)14-7(10)12/h5-6H,4H2,1-3H3/t6-/m0/s1. The number of imide groups is 1. The van der Waals surface area contributed by atoms with Crippen LogP contribution in [0.2, 0.25) is 0 Å². The first-order valence-corrected chi connectivity index (χ1v) is 4.50. The van der Waals surface area contributed by atoms with Crippen molar-refractivity contribution in [1.29, 1.82) is 0 Å². The van der Waals surface area contributed by atoms with Gasteiger partial charge in [0.15, 0.2) is 12.4 Å². The number of aldehydes is 1. The highest BCUT2D eigenvalue weighted by Gasteiger charge is 2.37. The van der Waals surface area contributed by atoms with E-state index < -0.39 is 23.9 Å². The first-order valence-electron chi connectivity index (χ1n) is 4.50. The Morgan fingerprint density at radius 2 is 2.20 bits per heavy atom. The molecule has 2 amide bonds. The number of hydrogen-bond acceptors (Lipinski definition) is 5. The number of ether oxygens (including phenoxy) is 2. The van der Waals surface area contributed by atoms with Gasteiger partial charge in [0.25, 0.3) is 0 Å². The summed E-state index contributed by atoms with van der Waals surface area (Å²) in [5, 5.41) is 0. The molecule has 0 spiro atoms. The van der Waals surface area contributed by atoms with E-state index in [0.29, 0.717) is 6.29 Å². The van der Waals surface area contributed by atoms with Crippen molar-refractivity contribution in [2.45, 2.75) is 32.5 Å². The van der Waals surface area contributed by atoms with Gasteiger partial charge in [-0.3, -0.25) is 4.79 Å². The van der Waals surface area contributed by atoms with Crippen LogP contribution in [0.25, 0.3) is 0 Å². The Kier molecular flexibility index (Phi) is 2.97. The van der Waals surface area contributed by atoms with Crippen LogP contribution < -0.4 is 0 Å². The summed E-state index contributed by atoms with van der Waals surface area (Å²) < 4.78 is 9.53. The molecule has 0 aliphatic carbocycles. The Morgan fingerprint density at radius 3 is 2.60 bits per heavy atom. The summed E-state index contributed by atoms with van der Waals surface area (Å²) in [5.74, 6) is 0. The fourth-order valence-corrected chi connectivity index (χ4v) is 1.02. The van der Waals surface area contributed by atoms with E-state index in [2.05, 4.69) is 4.74 Å². The van der Waals surface area contributed by atoms with E-state index in [0.717, 1.165) is 4.90 Å². The fraction of sp³-hybridized carbons (Fsp3) is 0.667. The van der Waals surface area contributed by atoms with Gasteiger partial charge in [0.05, 0.1) is 6.54 Å². The molecule has 1 fully saturated rings. The molecule has 0 aromatic heterocycles. The smallest absolute Gasteiger partial charge is 0.420 e. The second-order valence-corrected chi connectivity index (χ2v) is 4.15. The van der Waals surface area contributed by atoms with Gasteiger partial charge >= 0.3 is 12.2 Å². The van der Waals surface area contributed by atoms with Crippen LogP contribution in [0.1, 0.15) is 20.8 Å². The van der Waals surface area contributed by atoms with Gasteiger partial charge in [-0.15, -0.1) is 0 Å². The van der Waals surface area contributed by atoms with Crippen molar-refractivity contribution in [1.82, 2.24) is 4.90 Å². The Balaban J connectivity index is 2.62. The van der Waals surface area contributed by atoms with E-state index in [9.17, 15) is 14.4 Å². The van der Waals surface area contributed by atoms with Crippen LogP contribution >= 0.6 is 0 Å². The van der Waals surface area contributed by atoms with Crippen molar-refractivity contribution < 1.29 is 23.9 Å². The summed E-state index contributed by atoms with van der Waals surface area (Å²) in [6, 6.07) is 0. The summed E-state index contributed by atoms with van der Waals surface area (Å²) in [5.41, 5.74) is -0.684. The summed E-state index contributed by atoms with van der Waals surface area (Å²) in [6.07, 6.45) is -2.05. The molecule has 0 bridgehead atoms. The number of amides is 2. The van der Waals surface area contributed by atoms with Crippen LogP contribution in [0, 0.1) is 0 Å². The SMILES string of the molecule is CC(C)(C)OC(=O)N1C[C@@H](C=O)OC1=O. The van der Waals surface area contributed by atoms with Crippen LogP contribution in [0.3, 0.4) is 0 Å². The molecule has 15 heavy (non-hydrogen) atoms. The average molecular weight is 215 g/mol. The fourth-order valence-electron chi connectivity index (χ4n) is 1.02. The van der Waals surface area contributed by atoms with Crippen molar-refractivity contribution in [2.75, 3.05) is 6.54 Å². The number of cyclic esters (lactones) is 1. The molecule has 1 aliphatic heterocycles. The van der Waals surface area contributed by atoms with E-state index >= 15 is 0 Å². The van der Waals surface area contributed by atoms with Gasteiger partial charge < -0.3 is 9.47 Å². The predicted octanol–water partition coefficient (Wildman–Crippen LogP) is 0.941. The normalized spacial score (nSPS) is 21.1. The van der Waals surface area contributed by atoms with Crippen LogP contribution in [0.5, 0.6) is 0 Å². The zero-order valence-electron chi connectivity index (χ0n) is 8.85. The highest BCUT2D eigenvalue weighted by molar-refractivity contribution is 5.91. The Bertz CT molecular complexity index is 293. The molecule has 0 saturated carbocycles. The number of hydrogen-bond donors (Lipinski definition) is 0. The maximum absolute atomic E-state index is 11.4. The zero-order chi connectivity index (χ0) is 11.6. The highest BCUT2D eigenvalue weighted by Crippen LogP contribution is 2.15. The van der Waals surface area contributed by atoms with E-state index in [1.807, 2.05) is 0 Å². The molecule has 1 atom stereocenters. The van der Waals surface area contributed by atoms with E-state index in [1.54, 1.807) is 20.8 Å². The molecular formula is C9H13NO5. The summed E-state index contributed by atoms with van der Waals surface area (Å²) in [7, 11) is 0. The van der Waals surface area contributed by atoms with Crippen molar-refractivity contribution in [3.05, 3.63) is 0 Å². The third-order valence-corrected chi connectivity index (χ3v) is 1.60. The molecule has 1 heterocycles. The lowest BCUT2D eigenvalue weighted by molar-refractivity contribution is -0.113. The van der Waals surface area contributed by atoms with Crippen molar-refractivity contribution in [3.63, 3.8) is 0 Å². The quantitative estimate of drug-likeness (QED) is 0.608. The molecule has 0 aromatic carbocycles. The van der Waals surface area contributed by atoms with Gasteiger partial charge in [0.1, 0.15) is 5.60 Å².